The quantitative estimate of drug-likeness (QED) is 0.654. The van der Waals surface area contributed by atoms with Crippen LogP contribution in [0.2, 0.25) is 0 Å². The Morgan fingerprint density at radius 2 is 2.00 bits per heavy atom. The minimum atomic E-state index is -0.746. The van der Waals surface area contributed by atoms with E-state index in [-0.39, 0.29) is 18.1 Å². The molecule has 0 saturated heterocycles. The van der Waals surface area contributed by atoms with E-state index in [0.29, 0.717) is 18.8 Å². The van der Waals surface area contributed by atoms with Gasteiger partial charge in [0.2, 0.25) is 0 Å². The van der Waals surface area contributed by atoms with Gasteiger partial charge in [-0.3, -0.25) is 9.00 Å². The van der Waals surface area contributed by atoms with E-state index in [2.05, 4.69) is 5.32 Å². The lowest BCUT2D eigenvalue weighted by atomic mass is 10.2. The Morgan fingerprint density at radius 3 is 2.50 bits per heavy atom. The third-order valence-corrected chi connectivity index (χ3v) is 3.00. The summed E-state index contributed by atoms with van der Waals surface area (Å²) in [4.78, 5) is 11.2. The average Bonchev–Trinajstić information content (AvgIpc) is 2.14. The number of hydrogen-bond donors (Lipinski definition) is 1. The monoisotopic (exact) mass is 249 g/mol. The molecule has 96 valence electrons. The van der Waals surface area contributed by atoms with Gasteiger partial charge in [0.15, 0.2) is 0 Å². The van der Waals surface area contributed by atoms with E-state index >= 15 is 0 Å². The highest BCUT2D eigenvalue weighted by Gasteiger charge is 2.12. The molecular formula is C11H23NO3S. The molecule has 0 heterocycles. The minimum absolute atomic E-state index is 0.0966. The van der Waals surface area contributed by atoms with Crippen LogP contribution in [-0.2, 0) is 20.3 Å². The predicted octanol–water partition coefficient (Wildman–Crippen LogP) is 1.07. The van der Waals surface area contributed by atoms with Gasteiger partial charge in [-0.05, 0) is 27.2 Å². The second kappa shape index (κ2) is 8.70. The zero-order valence-electron chi connectivity index (χ0n) is 10.6. The van der Waals surface area contributed by atoms with E-state index in [1.54, 1.807) is 13.2 Å². The SMILES string of the molecule is CCOC(=O)CC(C)NC(C)CCS(C)=O. The van der Waals surface area contributed by atoms with E-state index in [0.717, 1.165) is 6.42 Å². The van der Waals surface area contributed by atoms with Gasteiger partial charge in [-0.15, -0.1) is 0 Å². The number of ether oxygens (including phenoxy) is 1. The summed E-state index contributed by atoms with van der Waals surface area (Å²) >= 11 is 0. The average molecular weight is 249 g/mol. The molecule has 0 radical (unpaired) electrons. The van der Waals surface area contributed by atoms with Crippen LogP contribution in [0.1, 0.15) is 33.6 Å². The van der Waals surface area contributed by atoms with Gasteiger partial charge in [-0.1, -0.05) is 0 Å². The summed E-state index contributed by atoms with van der Waals surface area (Å²) < 4.78 is 15.8. The van der Waals surface area contributed by atoms with Gasteiger partial charge in [-0.25, -0.2) is 0 Å². The van der Waals surface area contributed by atoms with Gasteiger partial charge < -0.3 is 10.1 Å². The lowest BCUT2D eigenvalue weighted by molar-refractivity contribution is -0.143. The molecule has 4 nitrogen and oxygen atoms in total. The Hall–Kier alpha value is -0.420. The molecule has 0 rings (SSSR count). The van der Waals surface area contributed by atoms with Crippen LogP contribution in [0.3, 0.4) is 0 Å². The van der Waals surface area contributed by atoms with Crippen molar-refractivity contribution >= 4 is 16.8 Å². The molecular weight excluding hydrogens is 226 g/mol. The van der Waals surface area contributed by atoms with E-state index in [1.165, 1.54) is 0 Å². The van der Waals surface area contributed by atoms with Crippen molar-refractivity contribution in [2.75, 3.05) is 18.6 Å². The van der Waals surface area contributed by atoms with Crippen molar-refractivity contribution in [2.24, 2.45) is 0 Å². The minimum Gasteiger partial charge on any atom is -0.466 e. The van der Waals surface area contributed by atoms with Crippen LogP contribution in [0, 0.1) is 0 Å². The third kappa shape index (κ3) is 8.85. The lowest BCUT2D eigenvalue weighted by Crippen LogP contribution is -2.37. The first-order valence-corrected chi connectivity index (χ1v) is 7.40. The van der Waals surface area contributed by atoms with Crippen molar-refractivity contribution in [3.05, 3.63) is 0 Å². The maximum Gasteiger partial charge on any atom is 0.307 e. The Kier molecular flexibility index (Phi) is 8.47. The van der Waals surface area contributed by atoms with Gasteiger partial charge in [0, 0.05) is 34.9 Å². The van der Waals surface area contributed by atoms with Crippen LogP contribution in [0.5, 0.6) is 0 Å². The largest absolute Gasteiger partial charge is 0.466 e. The van der Waals surface area contributed by atoms with Gasteiger partial charge in [-0.2, -0.15) is 0 Å². The van der Waals surface area contributed by atoms with E-state index in [1.807, 2.05) is 13.8 Å². The first-order valence-electron chi connectivity index (χ1n) is 5.67. The van der Waals surface area contributed by atoms with Crippen molar-refractivity contribution in [3.63, 3.8) is 0 Å². The standard InChI is InChI=1S/C11H23NO3S/c1-5-15-11(13)8-10(3)12-9(2)6-7-16(4)14/h9-10,12H,5-8H2,1-4H3. The highest BCUT2D eigenvalue weighted by molar-refractivity contribution is 7.84. The van der Waals surface area contributed by atoms with Crippen LogP contribution in [0.4, 0.5) is 0 Å². The molecule has 0 aliphatic rings. The van der Waals surface area contributed by atoms with Gasteiger partial charge in [0.05, 0.1) is 13.0 Å². The van der Waals surface area contributed by atoms with Gasteiger partial charge in [0.25, 0.3) is 0 Å². The third-order valence-electron chi connectivity index (χ3n) is 2.19. The molecule has 0 spiro atoms. The molecule has 0 aromatic rings. The van der Waals surface area contributed by atoms with E-state index in [4.69, 9.17) is 4.74 Å². The van der Waals surface area contributed by atoms with Crippen LogP contribution in [0.15, 0.2) is 0 Å². The van der Waals surface area contributed by atoms with Crippen molar-refractivity contribution in [1.29, 1.82) is 0 Å². The summed E-state index contributed by atoms with van der Waals surface area (Å²) in [6.07, 6.45) is 2.94. The molecule has 0 bridgehead atoms. The molecule has 0 aliphatic heterocycles. The normalized spacial score (nSPS) is 16.5. The summed E-state index contributed by atoms with van der Waals surface area (Å²) in [6.45, 7) is 6.22. The molecule has 0 aromatic heterocycles. The Labute approximate surface area is 101 Å². The Balaban J connectivity index is 3.72. The fraction of sp³-hybridized carbons (Fsp3) is 0.909. The maximum atomic E-state index is 11.2. The number of carbonyl (C=O) groups excluding carboxylic acids is 1. The van der Waals surface area contributed by atoms with Crippen LogP contribution in [0.25, 0.3) is 0 Å². The van der Waals surface area contributed by atoms with Gasteiger partial charge in [0.1, 0.15) is 0 Å². The Morgan fingerprint density at radius 1 is 1.38 bits per heavy atom. The maximum absolute atomic E-state index is 11.2. The molecule has 0 aliphatic carbocycles. The fourth-order valence-electron chi connectivity index (χ4n) is 1.44. The van der Waals surface area contributed by atoms with Crippen LogP contribution >= 0.6 is 0 Å². The first kappa shape index (κ1) is 15.6. The van der Waals surface area contributed by atoms with Crippen LogP contribution < -0.4 is 5.32 Å². The number of rotatable bonds is 8. The summed E-state index contributed by atoms with van der Waals surface area (Å²) in [6, 6.07) is 0.368. The topological polar surface area (TPSA) is 55.4 Å². The highest BCUT2D eigenvalue weighted by Crippen LogP contribution is 1.99. The van der Waals surface area contributed by atoms with Crippen LogP contribution in [-0.4, -0.2) is 40.9 Å². The summed E-state index contributed by atoms with van der Waals surface area (Å²) in [7, 11) is -0.746. The van der Waals surface area contributed by atoms with E-state index in [9.17, 15) is 9.00 Å². The van der Waals surface area contributed by atoms with E-state index < -0.39 is 10.8 Å². The van der Waals surface area contributed by atoms with Gasteiger partial charge >= 0.3 is 5.97 Å². The van der Waals surface area contributed by atoms with Crippen molar-refractivity contribution < 1.29 is 13.7 Å². The number of carbonyl (C=O) groups is 1. The summed E-state index contributed by atoms with van der Waals surface area (Å²) in [5.41, 5.74) is 0. The summed E-state index contributed by atoms with van der Waals surface area (Å²) in [5, 5.41) is 3.29. The molecule has 16 heavy (non-hydrogen) atoms. The Bertz CT molecular complexity index is 233. The smallest absolute Gasteiger partial charge is 0.307 e. The molecule has 0 fully saturated rings. The fourth-order valence-corrected chi connectivity index (χ4v) is 2.13. The van der Waals surface area contributed by atoms with Crippen molar-refractivity contribution in [3.8, 4) is 0 Å². The molecule has 5 heteroatoms. The molecule has 3 atom stereocenters. The first-order chi connectivity index (χ1) is 7.45. The highest BCUT2D eigenvalue weighted by atomic mass is 32.2. The molecule has 3 unspecified atom stereocenters. The summed E-state index contributed by atoms with van der Waals surface area (Å²) in [5.74, 6) is 0.522. The number of hydrogen-bond acceptors (Lipinski definition) is 4. The molecule has 0 aromatic carbocycles. The zero-order chi connectivity index (χ0) is 12.6. The predicted molar refractivity (Wildman–Crippen MR) is 66.9 cm³/mol. The number of nitrogens with one attached hydrogen (secondary N) is 1. The van der Waals surface area contributed by atoms with Crippen molar-refractivity contribution in [2.45, 2.75) is 45.7 Å². The number of esters is 1. The lowest BCUT2D eigenvalue weighted by Gasteiger charge is -2.18. The molecule has 0 amide bonds. The molecule has 1 N–H and O–H groups in total. The zero-order valence-corrected chi connectivity index (χ0v) is 11.4. The van der Waals surface area contributed by atoms with Crippen molar-refractivity contribution in [1.82, 2.24) is 5.32 Å². The second-order valence-electron chi connectivity index (χ2n) is 4.04. The molecule has 0 saturated carbocycles. The second-order valence-corrected chi connectivity index (χ2v) is 5.60.